The molecule has 6 heteroatoms. The molecule has 0 radical (unpaired) electrons. The lowest BCUT2D eigenvalue weighted by atomic mass is 10.2. The van der Waals surface area contributed by atoms with Gasteiger partial charge in [-0.3, -0.25) is 4.79 Å². The van der Waals surface area contributed by atoms with E-state index in [2.05, 4.69) is 0 Å². The molecule has 0 aliphatic carbocycles. The number of rotatable bonds is 6. The molecule has 0 aliphatic heterocycles. The Morgan fingerprint density at radius 1 is 1.44 bits per heavy atom. The number of halogens is 3. The van der Waals surface area contributed by atoms with Crippen molar-refractivity contribution in [1.82, 2.24) is 4.90 Å². The maximum Gasteiger partial charge on any atom is 0.254 e. The van der Waals surface area contributed by atoms with Crippen molar-refractivity contribution in [2.45, 2.75) is 0 Å². The van der Waals surface area contributed by atoms with Gasteiger partial charge >= 0.3 is 0 Å². The number of hydrogen-bond acceptors (Lipinski definition) is 2. The number of carbonyl (C=O) groups excluding carboxylic acids is 1. The molecule has 0 fully saturated rings. The summed E-state index contributed by atoms with van der Waals surface area (Å²) in [5, 5.41) is -0.00710. The van der Waals surface area contributed by atoms with E-state index in [1.807, 2.05) is 0 Å². The Balaban J connectivity index is 2.83. The predicted molar refractivity (Wildman–Crippen MR) is 69.9 cm³/mol. The number of nitrogens with zero attached hydrogens (tertiary/aromatic N) is 1. The normalized spacial score (nSPS) is 10.4. The predicted octanol–water partition coefficient (Wildman–Crippen LogP) is 2.81. The minimum Gasteiger partial charge on any atom is -0.383 e. The van der Waals surface area contributed by atoms with Crippen molar-refractivity contribution in [3.8, 4) is 0 Å². The highest BCUT2D eigenvalue weighted by atomic mass is 35.5. The molecular formula is C12H14Cl2FNO2. The zero-order valence-corrected chi connectivity index (χ0v) is 11.5. The molecule has 0 bridgehead atoms. The van der Waals surface area contributed by atoms with Crippen molar-refractivity contribution in [3.05, 3.63) is 34.6 Å². The van der Waals surface area contributed by atoms with Crippen molar-refractivity contribution in [2.75, 3.05) is 32.7 Å². The molecule has 0 aliphatic rings. The van der Waals surface area contributed by atoms with E-state index in [1.165, 1.54) is 17.0 Å². The first kappa shape index (κ1) is 15.2. The fourth-order valence-electron chi connectivity index (χ4n) is 1.43. The number of ether oxygens (including phenoxy) is 1. The summed E-state index contributed by atoms with van der Waals surface area (Å²) in [5.41, 5.74) is 0.248. The average molecular weight is 294 g/mol. The second-order valence-corrected chi connectivity index (χ2v) is 4.39. The fraction of sp³-hybridized carbons (Fsp3) is 0.417. The van der Waals surface area contributed by atoms with Gasteiger partial charge in [0.05, 0.1) is 11.6 Å². The molecular weight excluding hydrogens is 280 g/mol. The molecule has 1 amide bonds. The second-order valence-electron chi connectivity index (χ2n) is 3.60. The first-order valence-electron chi connectivity index (χ1n) is 5.39. The lowest BCUT2D eigenvalue weighted by molar-refractivity contribution is 0.0707. The van der Waals surface area contributed by atoms with E-state index in [0.717, 1.165) is 6.07 Å². The summed E-state index contributed by atoms with van der Waals surface area (Å²) < 4.78 is 18.2. The van der Waals surface area contributed by atoms with Crippen molar-refractivity contribution >= 4 is 29.1 Å². The number of carbonyl (C=O) groups is 1. The summed E-state index contributed by atoms with van der Waals surface area (Å²) in [5.74, 6) is -0.589. The van der Waals surface area contributed by atoms with Crippen LogP contribution in [0.25, 0.3) is 0 Å². The minimum atomic E-state index is -0.611. The Morgan fingerprint density at radius 2 is 2.17 bits per heavy atom. The van der Waals surface area contributed by atoms with Gasteiger partial charge in [0.1, 0.15) is 5.82 Å². The van der Waals surface area contributed by atoms with Gasteiger partial charge in [-0.2, -0.15) is 0 Å². The molecule has 0 atom stereocenters. The van der Waals surface area contributed by atoms with Crippen LogP contribution in [0.3, 0.4) is 0 Å². The fourth-order valence-corrected chi connectivity index (χ4v) is 1.75. The van der Waals surface area contributed by atoms with E-state index in [1.54, 1.807) is 7.11 Å². The average Bonchev–Trinajstić information content (AvgIpc) is 2.37. The molecule has 1 aromatic carbocycles. The first-order valence-corrected chi connectivity index (χ1v) is 6.30. The van der Waals surface area contributed by atoms with E-state index in [0.29, 0.717) is 25.6 Å². The maximum atomic E-state index is 13.3. The van der Waals surface area contributed by atoms with E-state index in [4.69, 9.17) is 27.9 Å². The quantitative estimate of drug-likeness (QED) is 0.755. The third-order valence-corrected chi connectivity index (χ3v) is 2.85. The highest BCUT2D eigenvalue weighted by Crippen LogP contribution is 2.16. The van der Waals surface area contributed by atoms with Crippen LogP contribution in [-0.2, 0) is 4.74 Å². The van der Waals surface area contributed by atoms with Crippen LogP contribution in [-0.4, -0.2) is 43.5 Å². The maximum absolute atomic E-state index is 13.3. The monoisotopic (exact) mass is 293 g/mol. The second kappa shape index (κ2) is 7.56. The summed E-state index contributed by atoms with van der Waals surface area (Å²) in [6.07, 6.45) is 0. The number of alkyl halides is 1. The van der Waals surface area contributed by atoms with Crippen LogP contribution < -0.4 is 0 Å². The van der Waals surface area contributed by atoms with Gasteiger partial charge in [0.2, 0.25) is 0 Å². The molecule has 3 nitrogen and oxygen atoms in total. The van der Waals surface area contributed by atoms with Crippen LogP contribution in [0.15, 0.2) is 18.2 Å². The molecule has 1 rings (SSSR count). The lowest BCUT2D eigenvalue weighted by Gasteiger charge is -2.21. The molecule has 100 valence electrons. The Hall–Kier alpha value is -0.840. The van der Waals surface area contributed by atoms with Crippen LogP contribution >= 0.6 is 23.2 Å². The summed E-state index contributed by atoms with van der Waals surface area (Å²) in [7, 11) is 1.55. The molecule has 0 unspecified atom stereocenters. The summed E-state index contributed by atoms with van der Waals surface area (Å²) in [6, 6.07) is 3.97. The first-order chi connectivity index (χ1) is 8.60. The minimum absolute atomic E-state index is 0.00710. The van der Waals surface area contributed by atoms with Gasteiger partial charge in [-0.25, -0.2) is 4.39 Å². The third-order valence-electron chi connectivity index (χ3n) is 2.37. The van der Waals surface area contributed by atoms with Crippen LogP contribution in [0.5, 0.6) is 0 Å². The van der Waals surface area contributed by atoms with E-state index in [9.17, 15) is 9.18 Å². The van der Waals surface area contributed by atoms with Crippen molar-refractivity contribution < 1.29 is 13.9 Å². The summed E-state index contributed by atoms with van der Waals surface area (Å²) >= 11 is 11.2. The van der Waals surface area contributed by atoms with E-state index < -0.39 is 5.82 Å². The highest BCUT2D eigenvalue weighted by molar-refractivity contribution is 6.30. The molecule has 18 heavy (non-hydrogen) atoms. The van der Waals surface area contributed by atoms with Gasteiger partial charge in [0.25, 0.3) is 5.91 Å². The van der Waals surface area contributed by atoms with Crippen molar-refractivity contribution in [2.24, 2.45) is 0 Å². The van der Waals surface area contributed by atoms with Crippen LogP contribution in [0.2, 0.25) is 5.02 Å². The van der Waals surface area contributed by atoms with Gasteiger partial charge < -0.3 is 9.64 Å². The Bertz CT molecular complexity index is 415. The van der Waals surface area contributed by atoms with Gasteiger partial charge in [-0.1, -0.05) is 11.6 Å². The number of methoxy groups -OCH3 is 1. The number of amides is 1. The number of hydrogen-bond donors (Lipinski definition) is 0. The Morgan fingerprint density at radius 3 is 2.72 bits per heavy atom. The van der Waals surface area contributed by atoms with Crippen molar-refractivity contribution in [3.63, 3.8) is 0 Å². The van der Waals surface area contributed by atoms with Crippen LogP contribution in [0.4, 0.5) is 4.39 Å². The Labute approximate surface area is 115 Å². The standard InChI is InChI=1S/C12H14Cl2FNO2/c1-18-7-6-16(5-4-13)12(17)9-2-3-10(14)11(15)8-9/h2-3,8H,4-7H2,1H3. The molecule has 0 saturated carbocycles. The molecule has 1 aromatic rings. The molecule has 0 N–H and O–H groups in total. The topological polar surface area (TPSA) is 29.5 Å². The van der Waals surface area contributed by atoms with Gasteiger partial charge in [0.15, 0.2) is 0 Å². The number of benzene rings is 1. The van der Waals surface area contributed by atoms with E-state index in [-0.39, 0.29) is 16.5 Å². The zero-order valence-electron chi connectivity index (χ0n) is 9.96. The molecule has 0 heterocycles. The highest BCUT2D eigenvalue weighted by Gasteiger charge is 2.16. The lowest BCUT2D eigenvalue weighted by Crippen LogP contribution is -2.35. The largest absolute Gasteiger partial charge is 0.383 e. The molecule has 0 spiro atoms. The zero-order chi connectivity index (χ0) is 13.5. The van der Waals surface area contributed by atoms with Gasteiger partial charge in [-0.15, -0.1) is 11.6 Å². The van der Waals surface area contributed by atoms with Crippen LogP contribution in [0, 0.1) is 5.82 Å². The summed E-state index contributed by atoms with van der Waals surface area (Å²) in [6.45, 7) is 1.19. The van der Waals surface area contributed by atoms with Gasteiger partial charge in [-0.05, 0) is 18.2 Å². The van der Waals surface area contributed by atoms with Crippen molar-refractivity contribution in [1.29, 1.82) is 0 Å². The molecule has 0 saturated heterocycles. The van der Waals surface area contributed by atoms with Crippen LogP contribution in [0.1, 0.15) is 10.4 Å². The van der Waals surface area contributed by atoms with Gasteiger partial charge in [0, 0.05) is 31.6 Å². The summed E-state index contributed by atoms with van der Waals surface area (Å²) in [4.78, 5) is 13.6. The third kappa shape index (κ3) is 4.12. The Kier molecular flexibility index (Phi) is 6.39. The smallest absolute Gasteiger partial charge is 0.254 e. The SMILES string of the molecule is COCCN(CCCl)C(=O)c1ccc(Cl)c(F)c1. The van der Waals surface area contributed by atoms with E-state index >= 15 is 0 Å². The molecule has 0 aromatic heterocycles.